The molecule has 0 radical (unpaired) electrons. The van der Waals surface area contributed by atoms with Crippen molar-refractivity contribution in [2.75, 3.05) is 5.32 Å². The molecule has 1 atom stereocenters. The van der Waals surface area contributed by atoms with E-state index in [4.69, 9.17) is 5.11 Å². The number of hydrogen-bond donors (Lipinski definition) is 2. The lowest BCUT2D eigenvalue weighted by Gasteiger charge is -2.12. The second-order valence-electron chi connectivity index (χ2n) is 3.72. The first-order valence-corrected chi connectivity index (χ1v) is 5.21. The summed E-state index contributed by atoms with van der Waals surface area (Å²) in [5.74, 6) is -1.07. The van der Waals surface area contributed by atoms with Gasteiger partial charge in [-0.15, -0.1) is 6.58 Å². The Kier molecular flexibility index (Phi) is 4.36. The average Bonchev–Trinajstić information content (AvgIpc) is 2.28. The summed E-state index contributed by atoms with van der Waals surface area (Å²) in [5, 5.41) is 22.5. The van der Waals surface area contributed by atoms with Crippen LogP contribution in [0.1, 0.15) is 23.7 Å². The largest absolute Gasteiger partial charge is 0.477 e. The number of pyridine rings is 1. The molecule has 1 unspecified atom stereocenters. The van der Waals surface area contributed by atoms with Crippen LogP contribution >= 0.6 is 0 Å². The molecule has 18 heavy (non-hydrogen) atoms. The van der Waals surface area contributed by atoms with Gasteiger partial charge in [0.25, 0.3) is 0 Å². The van der Waals surface area contributed by atoms with Crippen molar-refractivity contribution in [3.63, 3.8) is 0 Å². The minimum Gasteiger partial charge on any atom is -0.477 e. The summed E-state index contributed by atoms with van der Waals surface area (Å²) in [5.41, 5.74) is -0.910. The molecular formula is C11H13N3O4. The molecule has 0 aliphatic heterocycles. The smallest absolute Gasteiger partial charge is 0.342 e. The van der Waals surface area contributed by atoms with Crippen molar-refractivity contribution >= 4 is 17.5 Å². The molecule has 0 amide bonds. The summed E-state index contributed by atoms with van der Waals surface area (Å²) in [4.78, 5) is 24.6. The van der Waals surface area contributed by atoms with Crippen molar-refractivity contribution in [2.24, 2.45) is 0 Å². The number of rotatable bonds is 6. The van der Waals surface area contributed by atoms with E-state index in [1.165, 1.54) is 0 Å². The predicted molar refractivity (Wildman–Crippen MR) is 65.7 cm³/mol. The van der Waals surface area contributed by atoms with Crippen molar-refractivity contribution < 1.29 is 14.8 Å². The normalized spacial score (nSPS) is 11.6. The number of carbonyl (C=O) groups is 1. The maximum atomic E-state index is 10.9. The van der Waals surface area contributed by atoms with Gasteiger partial charge in [-0.3, -0.25) is 10.1 Å². The van der Waals surface area contributed by atoms with Gasteiger partial charge in [-0.05, 0) is 13.3 Å². The van der Waals surface area contributed by atoms with Gasteiger partial charge in [-0.2, -0.15) is 0 Å². The molecular weight excluding hydrogens is 238 g/mol. The maximum absolute atomic E-state index is 10.9. The van der Waals surface area contributed by atoms with E-state index in [2.05, 4.69) is 16.9 Å². The zero-order valence-electron chi connectivity index (χ0n) is 9.79. The van der Waals surface area contributed by atoms with Crippen LogP contribution in [0.5, 0.6) is 0 Å². The fourth-order valence-electron chi connectivity index (χ4n) is 1.41. The Morgan fingerprint density at radius 1 is 1.78 bits per heavy atom. The highest BCUT2D eigenvalue weighted by Gasteiger charge is 2.21. The van der Waals surface area contributed by atoms with E-state index in [0.717, 1.165) is 12.3 Å². The summed E-state index contributed by atoms with van der Waals surface area (Å²) < 4.78 is 0. The summed E-state index contributed by atoms with van der Waals surface area (Å²) in [7, 11) is 0. The number of nitro groups is 1. The summed E-state index contributed by atoms with van der Waals surface area (Å²) >= 11 is 0. The molecule has 0 saturated heterocycles. The van der Waals surface area contributed by atoms with Gasteiger partial charge in [0, 0.05) is 12.1 Å². The SMILES string of the molecule is C=CCC(C)Nc1cc(C(=O)O)c([N+](=O)[O-])cn1. The van der Waals surface area contributed by atoms with Crippen LogP contribution in [0.25, 0.3) is 0 Å². The number of aromatic nitrogens is 1. The van der Waals surface area contributed by atoms with Gasteiger partial charge >= 0.3 is 11.7 Å². The molecule has 96 valence electrons. The van der Waals surface area contributed by atoms with E-state index >= 15 is 0 Å². The number of hydrogen-bond acceptors (Lipinski definition) is 5. The van der Waals surface area contributed by atoms with Crippen LogP contribution in [0.3, 0.4) is 0 Å². The second kappa shape index (κ2) is 5.76. The Bertz CT molecular complexity index is 487. The van der Waals surface area contributed by atoms with Crippen LogP contribution < -0.4 is 5.32 Å². The Labute approximate surface area is 103 Å². The van der Waals surface area contributed by atoms with Gasteiger partial charge in [0.05, 0.1) is 4.92 Å². The molecule has 7 heteroatoms. The number of nitrogens with one attached hydrogen (secondary N) is 1. The maximum Gasteiger partial charge on any atom is 0.342 e. The first-order valence-electron chi connectivity index (χ1n) is 5.21. The monoisotopic (exact) mass is 251 g/mol. The molecule has 1 rings (SSSR count). The number of aromatic carboxylic acids is 1. The molecule has 1 aromatic rings. The number of carboxylic acid groups (broad SMARTS) is 1. The van der Waals surface area contributed by atoms with Gasteiger partial charge in [-0.25, -0.2) is 9.78 Å². The van der Waals surface area contributed by atoms with E-state index in [1.54, 1.807) is 6.08 Å². The molecule has 0 aliphatic carbocycles. The molecule has 0 aliphatic rings. The lowest BCUT2D eigenvalue weighted by Crippen LogP contribution is -2.15. The molecule has 0 bridgehead atoms. The lowest BCUT2D eigenvalue weighted by atomic mass is 10.2. The van der Waals surface area contributed by atoms with E-state index in [9.17, 15) is 14.9 Å². The summed E-state index contributed by atoms with van der Waals surface area (Å²) in [6.45, 7) is 5.45. The Morgan fingerprint density at radius 2 is 2.44 bits per heavy atom. The fourth-order valence-corrected chi connectivity index (χ4v) is 1.41. The molecule has 1 aromatic heterocycles. The van der Waals surface area contributed by atoms with Crippen LogP contribution in [-0.2, 0) is 0 Å². The minimum atomic E-state index is -1.36. The van der Waals surface area contributed by atoms with Crippen LogP contribution in [0.2, 0.25) is 0 Å². The van der Waals surface area contributed by atoms with Gasteiger partial charge in [0.15, 0.2) is 0 Å². The third-order valence-corrected chi connectivity index (χ3v) is 2.22. The van der Waals surface area contributed by atoms with Crippen LogP contribution in [0, 0.1) is 10.1 Å². The minimum absolute atomic E-state index is 0.0121. The van der Waals surface area contributed by atoms with Crippen molar-refractivity contribution in [2.45, 2.75) is 19.4 Å². The van der Waals surface area contributed by atoms with Crippen LogP contribution in [-0.4, -0.2) is 27.0 Å². The van der Waals surface area contributed by atoms with Crippen molar-refractivity contribution in [1.82, 2.24) is 4.98 Å². The molecule has 0 saturated carbocycles. The van der Waals surface area contributed by atoms with Gasteiger partial charge in [0.2, 0.25) is 0 Å². The van der Waals surface area contributed by atoms with Crippen molar-refractivity contribution in [3.8, 4) is 0 Å². The quantitative estimate of drug-likeness (QED) is 0.455. The van der Waals surface area contributed by atoms with Crippen LogP contribution in [0.15, 0.2) is 24.9 Å². The fraction of sp³-hybridized carbons (Fsp3) is 0.273. The zero-order valence-corrected chi connectivity index (χ0v) is 9.79. The first kappa shape index (κ1) is 13.6. The molecule has 0 fully saturated rings. The molecule has 1 heterocycles. The first-order chi connectivity index (χ1) is 8.45. The molecule has 0 spiro atoms. The third-order valence-electron chi connectivity index (χ3n) is 2.22. The molecule has 0 aromatic carbocycles. The second-order valence-corrected chi connectivity index (χ2v) is 3.72. The van der Waals surface area contributed by atoms with E-state index in [1.807, 2.05) is 6.92 Å². The lowest BCUT2D eigenvalue weighted by molar-refractivity contribution is -0.385. The van der Waals surface area contributed by atoms with Crippen molar-refractivity contribution in [1.29, 1.82) is 0 Å². The Balaban J connectivity index is 3.03. The predicted octanol–water partition coefficient (Wildman–Crippen LogP) is 2.06. The average molecular weight is 251 g/mol. The third kappa shape index (κ3) is 3.27. The van der Waals surface area contributed by atoms with Gasteiger partial charge in [-0.1, -0.05) is 6.08 Å². The topological polar surface area (TPSA) is 105 Å². The van der Waals surface area contributed by atoms with Crippen LogP contribution in [0.4, 0.5) is 11.5 Å². The van der Waals surface area contributed by atoms with Gasteiger partial charge in [0.1, 0.15) is 17.6 Å². The highest BCUT2D eigenvalue weighted by molar-refractivity contribution is 5.93. The number of nitrogens with zero attached hydrogens (tertiary/aromatic N) is 2. The highest BCUT2D eigenvalue weighted by atomic mass is 16.6. The molecule has 7 nitrogen and oxygen atoms in total. The Morgan fingerprint density at radius 3 is 2.94 bits per heavy atom. The van der Waals surface area contributed by atoms with E-state index in [-0.39, 0.29) is 17.4 Å². The number of carboxylic acids is 1. The van der Waals surface area contributed by atoms with Crippen molar-refractivity contribution in [3.05, 3.63) is 40.6 Å². The Hall–Kier alpha value is -2.44. The number of anilines is 1. The standard InChI is InChI=1S/C11H13N3O4/c1-3-4-7(2)13-10-5-8(11(15)16)9(6-12-10)14(17)18/h3,5-7H,1,4H2,2H3,(H,12,13)(H,15,16). The highest BCUT2D eigenvalue weighted by Crippen LogP contribution is 2.20. The van der Waals surface area contributed by atoms with E-state index < -0.39 is 16.6 Å². The molecule has 2 N–H and O–H groups in total. The van der Waals surface area contributed by atoms with E-state index in [0.29, 0.717) is 6.42 Å². The summed E-state index contributed by atoms with van der Waals surface area (Å²) in [6.07, 6.45) is 3.31. The summed E-state index contributed by atoms with van der Waals surface area (Å²) in [6, 6.07) is 1.16. The van der Waals surface area contributed by atoms with Gasteiger partial charge < -0.3 is 10.4 Å². The zero-order chi connectivity index (χ0) is 13.7.